The first-order valence-electron chi connectivity index (χ1n) is 8.13. The lowest BCUT2D eigenvalue weighted by Gasteiger charge is -2.34. The van der Waals surface area contributed by atoms with Gasteiger partial charge in [-0.2, -0.15) is 0 Å². The molecule has 1 saturated heterocycles. The number of carbonyl (C=O) groups is 2. The summed E-state index contributed by atoms with van der Waals surface area (Å²) in [7, 11) is 0. The molecule has 6 nitrogen and oxygen atoms in total. The van der Waals surface area contributed by atoms with Crippen molar-refractivity contribution in [2.75, 3.05) is 30.4 Å². The van der Waals surface area contributed by atoms with Gasteiger partial charge in [-0.1, -0.05) is 6.07 Å². The van der Waals surface area contributed by atoms with E-state index in [4.69, 9.17) is 10.5 Å². The number of benzene rings is 1. The van der Waals surface area contributed by atoms with Gasteiger partial charge in [-0.3, -0.25) is 9.59 Å². The second-order valence-electron chi connectivity index (χ2n) is 6.40. The standard InChI is InChI=1S/C17H23N3O3/c18-11-17(6-8-23-9-7-17)16(22)20-14-3-1-2-13(10-14)19-15(21)12-4-5-12/h1-3,10,12H,4-9,11,18H2,(H,19,21)(H,20,22). The fourth-order valence-corrected chi connectivity index (χ4v) is 2.81. The summed E-state index contributed by atoms with van der Waals surface area (Å²) < 4.78 is 5.34. The second-order valence-corrected chi connectivity index (χ2v) is 6.40. The second kappa shape index (κ2) is 6.68. The van der Waals surface area contributed by atoms with E-state index in [1.54, 1.807) is 6.07 Å². The van der Waals surface area contributed by atoms with E-state index in [0.717, 1.165) is 12.8 Å². The maximum Gasteiger partial charge on any atom is 0.232 e. The minimum atomic E-state index is -0.564. The van der Waals surface area contributed by atoms with Gasteiger partial charge in [0.05, 0.1) is 5.41 Å². The van der Waals surface area contributed by atoms with Gasteiger partial charge in [0.25, 0.3) is 0 Å². The minimum absolute atomic E-state index is 0.0522. The van der Waals surface area contributed by atoms with Crippen LogP contribution in [0.1, 0.15) is 25.7 Å². The van der Waals surface area contributed by atoms with Crippen LogP contribution >= 0.6 is 0 Å². The molecule has 1 aromatic rings. The fraction of sp³-hybridized carbons (Fsp3) is 0.529. The highest BCUT2D eigenvalue weighted by Gasteiger charge is 2.38. The van der Waals surface area contributed by atoms with Crippen LogP contribution in [-0.2, 0) is 14.3 Å². The number of amides is 2. The number of ether oxygens (including phenoxy) is 1. The van der Waals surface area contributed by atoms with Crippen LogP contribution < -0.4 is 16.4 Å². The van der Waals surface area contributed by atoms with Crippen molar-refractivity contribution < 1.29 is 14.3 Å². The van der Waals surface area contributed by atoms with Gasteiger partial charge in [0.1, 0.15) is 0 Å². The summed E-state index contributed by atoms with van der Waals surface area (Å²) in [5, 5.41) is 5.82. The molecule has 23 heavy (non-hydrogen) atoms. The molecule has 0 aromatic heterocycles. The normalized spacial score (nSPS) is 19.9. The number of nitrogens with one attached hydrogen (secondary N) is 2. The first-order valence-corrected chi connectivity index (χ1v) is 8.13. The van der Waals surface area contributed by atoms with Crippen LogP contribution in [0, 0.1) is 11.3 Å². The molecule has 0 radical (unpaired) electrons. The molecule has 0 spiro atoms. The van der Waals surface area contributed by atoms with E-state index in [2.05, 4.69) is 10.6 Å². The smallest absolute Gasteiger partial charge is 0.232 e. The molecule has 0 bridgehead atoms. The third-order valence-corrected chi connectivity index (χ3v) is 4.66. The highest BCUT2D eigenvalue weighted by atomic mass is 16.5. The van der Waals surface area contributed by atoms with Crippen molar-refractivity contribution in [3.63, 3.8) is 0 Å². The molecule has 6 heteroatoms. The summed E-state index contributed by atoms with van der Waals surface area (Å²) in [6, 6.07) is 7.23. The fourth-order valence-electron chi connectivity index (χ4n) is 2.81. The molecule has 1 aromatic carbocycles. The zero-order valence-corrected chi connectivity index (χ0v) is 13.1. The van der Waals surface area contributed by atoms with Crippen LogP contribution in [0.4, 0.5) is 11.4 Å². The summed E-state index contributed by atoms with van der Waals surface area (Å²) in [6.45, 7) is 1.42. The van der Waals surface area contributed by atoms with Gasteiger partial charge >= 0.3 is 0 Å². The van der Waals surface area contributed by atoms with Gasteiger partial charge in [0.15, 0.2) is 0 Å². The molecule has 4 N–H and O–H groups in total. The Bertz CT molecular complexity index is 593. The van der Waals surface area contributed by atoms with Crippen LogP contribution in [0.2, 0.25) is 0 Å². The molecule has 0 unspecified atom stereocenters. The molecule has 124 valence electrons. The summed E-state index contributed by atoms with van der Waals surface area (Å²) in [5.41, 5.74) is 6.66. The van der Waals surface area contributed by atoms with E-state index in [-0.39, 0.29) is 17.7 Å². The molecule has 1 aliphatic carbocycles. The molecule has 2 aliphatic rings. The van der Waals surface area contributed by atoms with Crippen LogP contribution in [0.3, 0.4) is 0 Å². The van der Waals surface area contributed by atoms with E-state index in [1.165, 1.54) is 0 Å². The van der Waals surface area contributed by atoms with Gasteiger partial charge in [-0.25, -0.2) is 0 Å². The van der Waals surface area contributed by atoms with Crippen molar-refractivity contribution in [3.8, 4) is 0 Å². The Balaban J connectivity index is 1.66. The highest BCUT2D eigenvalue weighted by Crippen LogP contribution is 2.32. The maximum atomic E-state index is 12.6. The monoisotopic (exact) mass is 317 g/mol. The van der Waals surface area contributed by atoms with Gasteiger partial charge < -0.3 is 21.1 Å². The number of hydrogen-bond donors (Lipinski definition) is 3. The molecule has 0 atom stereocenters. The van der Waals surface area contributed by atoms with Crippen molar-refractivity contribution in [3.05, 3.63) is 24.3 Å². The summed E-state index contributed by atoms with van der Waals surface area (Å²) in [5.74, 6) is 0.126. The van der Waals surface area contributed by atoms with Gasteiger partial charge in [0.2, 0.25) is 11.8 Å². The lowest BCUT2D eigenvalue weighted by atomic mass is 9.79. The quantitative estimate of drug-likeness (QED) is 0.771. The molecule has 1 aliphatic heterocycles. The molecule has 2 amide bonds. The Morgan fingerprint density at radius 1 is 1.17 bits per heavy atom. The van der Waals surface area contributed by atoms with Crippen LogP contribution in [0.15, 0.2) is 24.3 Å². The van der Waals surface area contributed by atoms with Crippen molar-refractivity contribution in [2.24, 2.45) is 17.1 Å². The SMILES string of the molecule is NCC1(C(=O)Nc2cccc(NC(=O)C3CC3)c2)CCOCC1. The Labute approximate surface area is 135 Å². The average molecular weight is 317 g/mol. The van der Waals surface area contributed by atoms with E-state index in [9.17, 15) is 9.59 Å². The minimum Gasteiger partial charge on any atom is -0.381 e. The van der Waals surface area contributed by atoms with Gasteiger partial charge in [0, 0.05) is 37.1 Å². The largest absolute Gasteiger partial charge is 0.381 e. The van der Waals surface area contributed by atoms with Crippen molar-refractivity contribution >= 4 is 23.2 Å². The predicted octanol–water partition coefficient (Wildman–Crippen LogP) is 1.73. The molecule has 3 rings (SSSR count). The number of carbonyl (C=O) groups excluding carboxylic acids is 2. The number of hydrogen-bond acceptors (Lipinski definition) is 4. The Morgan fingerprint density at radius 2 is 1.83 bits per heavy atom. The van der Waals surface area contributed by atoms with Gasteiger partial charge in [-0.15, -0.1) is 0 Å². The zero-order valence-electron chi connectivity index (χ0n) is 13.1. The molecule has 2 fully saturated rings. The molecular formula is C17H23N3O3. The van der Waals surface area contributed by atoms with Crippen molar-refractivity contribution in [1.82, 2.24) is 0 Å². The highest BCUT2D eigenvalue weighted by molar-refractivity contribution is 5.97. The summed E-state index contributed by atoms with van der Waals surface area (Å²) >= 11 is 0. The van der Waals surface area contributed by atoms with E-state index in [0.29, 0.717) is 44.0 Å². The summed E-state index contributed by atoms with van der Waals surface area (Å²) in [6.07, 6.45) is 3.19. The molecule has 1 heterocycles. The number of rotatable bonds is 5. The zero-order chi connectivity index (χ0) is 16.3. The Morgan fingerprint density at radius 3 is 2.43 bits per heavy atom. The van der Waals surface area contributed by atoms with Crippen molar-refractivity contribution in [1.29, 1.82) is 0 Å². The van der Waals surface area contributed by atoms with E-state index in [1.807, 2.05) is 18.2 Å². The third kappa shape index (κ3) is 3.71. The van der Waals surface area contributed by atoms with E-state index < -0.39 is 5.41 Å². The lowest BCUT2D eigenvalue weighted by molar-refractivity contribution is -0.130. The topological polar surface area (TPSA) is 93.5 Å². The Hall–Kier alpha value is -1.92. The maximum absolute atomic E-state index is 12.6. The third-order valence-electron chi connectivity index (χ3n) is 4.66. The lowest BCUT2D eigenvalue weighted by Crippen LogP contribution is -2.46. The first kappa shape index (κ1) is 16.0. The number of anilines is 2. The van der Waals surface area contributed by atoms with E-state index >= 15 is 0 Å². The van der Waals surface area contributed by atoms with Crippen LogP contribution in [-0.4, -0.2) is 31.6 Å². The predicted molar refractivity (Wildman–Crippen MR) is 88.0 cm³/mol. The summed E-state index contributed by atoms with van der Waals surface area (Å²) in [4.78, 5) is 24.5. The van der Waals surface area contributed by atoms with Crippen LogP contribution in [0.25, 0.3) is 0 Å². The first-order chi connectivity index (χ1) is 11.1. The van der Waals surface area contributed by atoms with Gasteiger partial charge in [-0.05, 0) is 43.9 Å². The Kier molecular flexibility index (Phi) is 4.63. The molecular weight excluding hydrogens is 294 g/mol. The molecule has 1 saturated carbocycles. The number of nitrogens with two attached hydrogens (primary N) is 1. The van der Waals surface area contributed by atoms with Crippen LogP contribution in [0.5, 0.6) is 0 Å². The van der Waals surface area contributed by atoms with Crippen molar-refractivity contribution in [2.45, 2.75) is 25.7 Å². The average Bonchev–Trinajstić information content (AvgIpc) is 3.41.